The number of piperidine rings is 1. The van der Waals surface area contributed by atoms with E-state index in [1.807, 2.05) is 6.07 Å². The van der Waals surface area contributed by atoms with Gasteiger partial charge in [0.05, 0.1) is 11.3 Å². The van der Waals surface area contributed by atoms with Gasteiger partial charge in [-0.2, -0.15) is 4.31 Å². The molecule has 1 amide bonds. The van der Waals surface area contributed by atoms with Crippen LogP contribution in [0.3, 0.4) is 0 Å². The van der Waals surface area contributed by atoms with Crippen LogP contribution in [0.15, 0.2) is 57.9 Å². The Labute approximate surface area is 156 Å². The zero-order valence-corrected chi connectivity index (χ0v) is 16.0. The molecule has 0 bridgehead atoms. The number of para-hydroxylation sites is 1. The van der Waals surface area contributed by atoms with Crippen molar-refractivity contribution >= 4 is 37.5 Å². The Morgan fingerprint density at radius 1 is 0.960 bits per heavy atom. The van der Waals surface area contributed by atoms with Gasteiger partial charge in [-0.3, -0.25) is 4.79 Å². The lowest BCUT2D eigenvalue weighted by atomic mass is 10.2. The van der Waals surface area contributed by atoms with Crippen molar-refractivity contribution in [3.63, 3.8) is 0 Å². The van der Waals surface area contributed by atoms with E-state index in [2.05, 4.69) is 21.2 Å². The molecule has 1 saturated heterocycles. The summed E-state index contributed by atoms with van der Waals surface area (Å²) in [7, 11) is -3.62. The van der Waals surface area contributed by atoms with Crippen molar-refractivity contribution in [2.24, 2.45) is 0 Å². The van der Waals surface area contributed by atoms with Gasteiger partial charge in [-0.1, -0.05) is 30.7 Å². The van der Waals surface area contributed by atoms with E-state index in [1.165, 1.54) is 4.31 Å². The van der Waals surface area contributed by atoms with Crippen LogP contribution in [0.1, 0.15) is 29.6 Å². The zero-order valence-electron chi connectivity index (χ0n) is 13.6. The van der Waals surface area contributed by atoms with E-state index in [9.17, 15) is 13.2 Å². The standard InChI is InChI=1S/C18H19BrN2O3S/c19-15-9-3-2-8-14(15)18(22)20-16-10-4-5-11-17(16)25(23,24)21-12-6-1-7-13-21/h2-5,8-11H,1,6-7,12-13H2,(H,20,22). The molecule has 132 valence electrons. The Morgan fingerprint density at radius 2 is 1.60 bits per heavy atom. The predicted molar refractivity (Wildman–Crippen MR) is 101 cm³/mol. The fourth-order valence-corrected chi connectivity index (χ4v) is 5.00. The van der Waals surface area contributed by atoms with Crippen molar-refractivity contribution in [1.82, 2.24) is 4.31 Å². The molecule has 1 N–H and O–H groups in total. The highest BCUT2D eigenvalue weighted by Crippen LogP contribution is 2.27. The molecule has 3 rings (SSSR count). The molecule has 0 saturated carbocycles. The molecule has 0 unspecified atom stereocenters. The highest BCUT2D eigenvalue weighted by atomic mass is 79.9. The molecule has 1 aliphatic rings. The van der Waals surface area contributed by atoms with Crippen molar-refractivity contribution in [3.05, 3.63) is 58.6 Å². The van der Waals surface area contributed by atoms with Crippen LogP contribution in [0.5, 0.6) is 0 Å². The monoisotopic (exact) mass is 422 g/mol. The number of halogens is 1. The molecule has 1 heterocycles. The molecule has 0 aromatic heterocycles. The van der Waals surface area contributed by atoms with Crippen LogP contribution in [-0.2, 0) is 10.0 Å². The maximum Gasteiger partial charge on any atom is 0.256 e. The number of sulfonamides is 1. The fraction of sp³-hybridized carbons (Fsp3) is 0.278. The lowest BCUT2D eigenvalue weighted by Crippen LogP contribution is -2.36. The van der Waals surface area contributed by atoms with Gasteiger partial charge in [0.15, 0.2) is 0 Å². The van der Waals surface area contributed by atoms with E-state index >= 15 is 0 Å². The molecule has 0 aliphatic carbocycles. The molecule has 0 spiro atoms. The number of hydrogen-bond acceptors (Lipinski definition) is 3. The minimum Gasteiger partial charge on any atom is -0.321 e. The maximum absolute atomic E-state index is 13.0. The number of benzene rings is 2. The topological polar surface area (TPSA) is 66.5 Å². The van der Waals surface area contributed by atoms with E-state index in [0.717, 1.165) is 19.3 Å². The van der Waals surface area contributed by atoms with Gasteiger partial charge in [0, 0.05) is 17.6 Å². The third kappa shape index (κ3) is 3.94. The van der Waals surface area contributed by atoms with Crippen molar-refractivity contribution < 1.29 is 13.2 Å². The number of carbonyl (C=O) groups is 1. The van der Waals surface area contributed by atoms with E-state index in [4.69, 9.17) is 0 Å². The van der Waals surface area contributed by atoms with Crippen molar-refractivity contribution in [2.45, 2.75) is 24.2 Å². The first-order valence-corrected chi connectivity index (χ1v) is 10.4. The Kier molecular flexibility index (Phi) is 5.56. The fourth-order valence-electron chi connectivity index (χ4n) is 2.87. The first-order chi connectivity index (χ1) is 12.0. The second-order valence-electron chi connectivity index (χ2n) is 5.89. The van der Waals surface area contributed by atoms with E-state index in [0.29, 0.717) is 28.8 Å². The quantitative estimate of drug-likeness (QED) is 0.812. The number of rotatable bonds is 4. The Morgan fingerprint density at radius 3 is 2.32 bits per heavy atom. The van der Waals surface area contributed by atoms with Crippen LogP contribution >= 0.6 is 15.9 Å². The molecule has 5 nitrogen and oxygen atoms in total. The molecule has 1 fully saturated rings. The van der Waals surface area contributed by atoms with Gasteiger partial charge in [-0.15, -0.1) is 0 Å². The molecule has 2 aromatic rings. The third-order valence-electron chi connectivity index (χ3n) is 4.19. The summed E-state index contributed by atoms with van der Waals surface area (Å²) in [4.78, 5) is 12.7. The molecule has 1 aliphatic heterocycles. The summed E-state index contributed by atoms with van der Waals surface area (Å²) in [6.07, 6.45) is 2.78. The Balaban J connectivity index is 1.91. The van der Waals surface area contributed by atoms with Crippen LogP contribution in [0.2, 0.25) is 0 Å². The zero-order chi connectivity index (χ0) is 17.9. The second kappa shape index (κ2) is 7.68. The molecule has 7 heteroatoms. The van der Waals surface area contributed by atoms with Gasteiger partial charge < -0.3 is 5.32 Å². The lowest BCUT2D eigenvalue weighted by Gasteiger charge is -2.26. The van der Waals surface area contributed by atoms with Crippen LogP contribution in [0, 0.1) is 0 Å². The summed E-state index contributed by atoms with van der Waals surface area (Å²) in [5.74, 6) is -0.353. The van der Waals surface area contributed by atoms with Crippen molar-refractivity contribution in [2.75, 3.05) is 18.4 Å². The number of carbonyl (C=O) groups excluding carboxylic acids is 1. The van der Waals surface area contributed by atoms with E-state index in [-0.39, 0.29) is 10.8 Å². The van der Waals surface area contributed by atoms with Crippen LogP contribution in [0.4, 0.5) is 5.69 Å². The minimum absolute atomic E-state index is 0.136. The van der Waals surface area contributed by atoms with Crippen LogP contribution in [-0.4, -0.2) is 31.7 Å². The Hall–Kier alpha value is -1.70. The highest BCUT2D eigenvalue weighted by molar-refractivity contribution is 9.10. The normalized spacial score (nSPS) is 15.7. The van der Waals surface area contributed by atoms with Gasteiger partial charge in [0.25, 0.3) is 5.91 Å². The third-order valence-corrected chi connectivity index (χ3v) is 6.83. The summed E-state index contributed by atoms with van der Waals surface area (Å²) < 4.78 is 28.1. The van der Waals surface area contributed by atoms with E-state index in [1.54, 1.807) is 42.5 Å². The molecular formula is C18H19BrN2O3S. The lowest BCUT2D eigenvalue weighted by molar-refractivity contribution is 0.102. The SMILES string of the molecule is O=C(Nc1ccccc1S(=O)(=O)N1CCCCC1)c1ccccc1Br. The van der Waals surface area contributed by atoms with Gasteiger partial charge in [-0.05, 0) is 53.0 Å². The Bertz CT molecular complexity index is 877. The first-order valence-electron chi connectivity index (χ1n) is 8.15. The molecule has 0 atom stereocenters. The van der Waals surface area contributed by atoms with Crippen LogP contribution in [0.25, 0.3) is 0 Å². The van der Waals surface area contributed by atoms with Gasteiger partial charge >= 0.3 is 0 Å². The summed E-state index contributed by atoms with van der Waals surface area (Å²) in [5.41, 5.74) is 0.751. The number of hydrogen-bond donors (Lipinski definition) is 1. The molecule has 0 radical (unpaired) electrons. The largest absolute Gasteiger partial charge is 0.321 e. The average molecular weight is 423 g/mol. The van der Waals surface area contributed by atoms with Gasteiger partial charge in [0.2, 0.25) is 10.0 Å². The number of anilines is 1. The average Bonchev–Trinajstić information content (AvgIpc) is 2.63. The molecular weight excluding hydrogens is 404 g/mol. The van der Waals surface area contributed by atoms with Crippen molar-refractivity contribution in [3.8, 4) is 0 Å². The first kappa shape index (κ1) is 18.1. The number of nitrogens with zero attached hydrogens (tertiary/aromatic N) is 1. The molecule has 25 heavy (non-hydrogen) atoms. The number of amides is 1. The minimum atomic E-state index is -3.62. The van der Waals surface area contributed by atoms with Crippen LogP contribution < -0.4 is 5.32 Å². The molecule has 2 aromatic carbocycles. The summed E-state index contributed by atoms with van der Waals surface area (Å²) in [6.45, 7) is 1.05. The summed E-state index contributed by atoms with van der Waals surface area (Å²) >= 11 is 3.34. The van der Waals surface area contributed by atoms with Gasteiger partial charge in [-0.25, -0.2) is 8.42 Å². The predicted octanol–water partition coefficient (Wildman–Crippen LogP) is 3.88. The smallest absolute Gasteiger partial charge is 0.256 e. The van der Waals surface area contributed by atoms with E-state index < -0.39 is 10.0 Å². The number of nitrogens with one attached hydrogen (secondary N) is 1. The van der Waals surface area contributed by atoms with Crippen molar-refractivity contribution in [1.29, 1.82) is 0 Å². The highest BCUT2D eigenvalue weighted by Gasteiger charge is 2.28. The maximum atomic E-state index is 13.0. The van der Waals surface area contributed by atoms with Gasteiger partial charge in [0.1, 0.15) is 4.90 Å². The summed E-state index contributed by atoms with van der Waals surface area (Å²) in [6, 6.07) is 13.6. The second-order valence-corrected chi connectivity index (χ2v) is 8.66. The summed E-state index contributed by atoms with van der Waals surface area (Å²) in [5, 5.41) is 2.74.